The van der Waals surface area contributed by atoms with Gasteiger partial charge in [-0.3, -0.25) is 4.79 Å². The van der Waals surface area contributed by atoms with Gasteiger partial charge in [0.05, 0.1) is 0 Å². The first-order valence-corrected chi connectivity index (χ1v) is 8.55. The van der Waals surface area contributed by atoms with Crippen LogP contribution < -0.4 is 5.32 Å². The van der Waals surface area contributed by atoms with Gasteiger partial charge in [-0.2, -0.15) is 0 Å². The van der Waals surface area contributed by atoms with Gasteiger partial charge >= 0.3 is 0 Å². The van der Waals surface area contributed by atoms with E-state index in [2.05, 4.69) is 19.2 Å². The number of alkyl halides is 1. The maximum atomic E-state index is 12.8. The Morgan fingerprint density at radius 2 is 1.86 bits per heavy atom. The lowest BCUT2D eigenvalue weighted by molar-refractivity contribution is -0.126. The molecular formula is C18H26ClNO. The predicted molar refractivity (Wildman–Crippen MR) is 89.9 cm³/mol. The molecule has 116 valence electrons. The zero-order valence-electron chi connectivity index (χ0n) is 13.1. The number of hydrogen-bond acceptors (Lipinski definition) is 1. The fraction of sp³-hybridized carbons (Fsp3) is 0.611. The highest BCUT2D eigenvalue weighted by Crippen LogP contribution is 2.44. The van der Waals surface area contributed by atoms with Gasteiger partial charge in [0.25, 0.3) is 0 Å². The predicted octanol–water partition coefficient (Wildman–Crippen LogP) is 5.01. The molecular weight excluding hydrogens is 282 g/mol. The molecule has 0 saturated heterocycles. The molecule has 0 spiro atoms. The van der Waals surface area contributed by atoms with Crippen molar-refractivity contribution in [2.75, 3.05) is 11.2 Å². The lowest BCUT2D eigenvalue weighted by Crippen LogP contribution is -2.35. The lowest BCUT2D eigenvalue weighted by Gasteiger charge is -2.29. The van der Waals surface area contributed by atoms with E-state index in [-0.39, 0.29) is 11.3 Å². The maximum Gasteiger partial charge on any atom is 0.230 e. The second-order valence-electron chi connectivity index (χ2n) is 6.68. The Kier molecular flexibility index (Phi) is 5.69. The number of anilines is 1. The van der Waals surface area contributed by atoms with E-state index in [1.165, 1.54) is 18.4 Å². The molecule has 0 unspecified atom stereocenters. The Hall–Kier alpha value is -1.02. The summed E-state index contributed by atoms with van der Waals surface area (Å²) in [5.74, 6) is 1.39. The van der Waals surface area contributed by atoms with Gasteiger partial charge in [0, 0.05) is 17.0 Å². The monoisotopic (exact) mass is 307 g/mol. The minimum absolute atomic E-state index is 0.150. The highest BCUT2D eigenvalue weighted by atomic mass is 35.5. The SMILES string of the molecule is CC(C)CC1(C(=O)Nc2ccc(CCCl)cc2)CCCC1. The molecule has 2 nitrogen and oxygen atoms in total. The van der Waals surface area contributed by atoms with Crippen molar-refractivity contribution in [2.24, 2.45) is 11.3 Å². The molecule has 1 aliphatic carbocycles. The molecule has 1 aromatic carbocycles. The Labute approximate surface area is 133 Å². The second kappa shape index (κ2) is 7.31. The number of rotatable bonds is 6. The molecule has 0 bridgehead atoms. The van der Waals surface area contributed by atoms with Crippen LogP contribution in [0.5, 0.6) is 0 Å². The topological polar surface area (TPSA) is 29.1 Å². The highest BCUT2D eigenvalue weighted by Gasteiger charge is 2.41. The fourth-order valence-corrected chi connectivity index (χ4v) is 3.70. The lowest BCUT2D eigenvalue weighted by atomic mass is 9.77. The van der Waals surface area contributed by atoms with Crippen LogP contribution in [0.15, 0.2) is 24.3 Å². The number of halogens is 1. The number of amides is 1. The first-order valence-electron chi connectivity index (χ1n) is 8.02. The van der Waals surface area contributed by atoms with Gasteiger partial charge in [-0.05, 0) is 49.3 Å². The van der Waals surface area contributed by atoms with Crippen molar-refractivity contribution in [1.82, 2.24) is 0 Å². The molecule has 0 atom stereocenters. The van der Waals surface area contributed by atoms with Crippen LogP contribution in [0.3, 0.4) is 0 Å². The largest absolute Gasteiger partial charge is 0.326 e. The first kappa shape index (κ1) is 16.4. The number of carbonyl (C=O) groups excluding carboxylic acids is 1. The van der Waals surface area contributed by atoms with Gasteiger partial charge < -0.3 is 5.32 Å². The summed E-state index contributed by atoms with van der Waals surface area (Å²) >= 11 is 5.74. The van der Waals surface area contributed by atoms with Gasteiger partial charge in [-0.25, -0.2) is 0 Å². The van der Waals surface area contributed by atoms with Crippen LogP contribution in [0.4, 0.5) is 5.69 Å². The van der Waals surface area contributed by atoms with Crippen molar-refractivity contribution in [3.05, 3.63) is 29.8 Å². The average Bonchev–Trinajstić information content (AvgIpc) is 2.90. The minimum Gasteiger partial charge on any atom is -0.326 e. The zero-order chi connectivity index (χ0) is 15.3. The van der Waals surface area contributed by atoms with E-state index >= 15 is 0 Å². The van der Waals surface area contributed by atoms with E-state index in [1.54, 1.807) is 0 Å². The summed E-state index contributed by atoms with van der Waals surface area (Å²) in [5.41, 5.74) is 1.96. The third kappa shape index (κ3) is 4.23. The Morgan fingerprint density at radius 3 is 2.38 bits per heavy atom. The summed E-state index contributed by atoms with van der Waals surface area (Å²) in [5, 5.41) is 3.13. The van der Waals surface area contributed by atoms with Gasteiger partial charge in [0.15, 0.2) is 0 Å². The molecule has 1 aromatic rings. The summed E-state index contributed by atoms with van der Waals surface area (Å²) in [6.07, 6.45) is 6.27. The Balaban J connectivity index is 2.04. The van der Waals surface area contributed by atoms with Crippen molar-refractivity contribution in [1.29, 1.82) is 0 Å². The van der Waals surface area contributed by atoms with Crippen LogP contribution in [0.2, 0.25) is 0 Å². The van der Waals surface area contributed by atoms with Gasteiger partial charge in [-0.1, -0.05) is 38.8 Å². The zero-order valence-corrected chi connectivity index (χ0v) is 13.9. The molecule has 1 fully saturated rings. The van der Waals surface area contributed by atoms with Crippen LogP contribution in [-0.2, 0) is 11.2 Å². The molecule has 3 heteroatoms. The third-order valence-electron chi connectivity index (χ3n) is 4.44. The normalized spacial score (nSPS) is 17.1. The Bertz CT molecular complexity index is 461. The number of benzene rings is 1. The summed E-state index contributed by atoms with van der Waals surface area (Å²) < 4.78 is 0. The second-order valence-corrected chi connectivity index (χ2v) is 7.05. The molecule has 2 rings (SSSR count). The van der Waals surface area contributed by atoms with E-state index in [0.717, 1.165) is 31.4 Å². The van der Waals surface area contributed by atoms with Gasteiger partial charge in [-0.15, -0.1) is 11.6 Å². The van der Waals surface area contributed by atoms with Crippen molar-refractivity contribution >= 4 is 23.2 Å². The Morgan fingerprint density at radius 1 is 1.24 bits per heavy atom. The average molecular weight is 308 g/mol. The molecule has 0 heterocycles. The molecule has 0 aromatic heterocycles. The smallest absolute Gasteiger partial charge is 0.230 e. The molecule has 0 radical (unpaired) electrons. The van der Waals surface area contributed by atoms with Crippen LogP contribution in [0, 0.1) is 11.3 Å². The van der Waals surface area contributed by atoms with Crippen LogP contribution in [0.1, 0.15) is 51.5 Å². The van der Waals surface area contributed by atoms with Crippen molar-refractivity contribution in [3.63, 3.8) is 0 Å². The number of carbonyl (C=O) groups is 1. The molecule has 1 saturated carbocycles. The fourth-order valence-electron chi connectivity index (χ4n) is 3.48. The standard InChI is InChI=1S/C18H26ClNO/c1-14(2)13-18(10-3-4-11-18)17(21)20-16-7-5-15(6-8-16)9-12-19/h5-8,14H,3-4,9-13H2,1-2H3,(H,20,21). The first-order chi connectivity index (χ1) is 10.1. The van der Waals surface area contributed by atoms with E-state index in [0.29, 0.717) is 11.8 Å². The molecule has 0 aliphatic heterocycles. The van der Waals surface area contributed by atoms with Gasteiger partial charge in [0.2, 0.25) is 5.91 Å². The summed E-state index contributed by atoms with van der Waals surface area (Å²) in [6.45, 7) is 4.41. The molecule has 1 N–H and O–H groups in total. The molecule has 1 aliphatic rings. The van der Waals surface area contributed by atoms with Crippen LogP contribution >= 0.6 is 11.6 Å². The van der Waals surface area contributed by atoms with Crippen molar-refractivity contribution in [3.8, 4) is 0 Å². The van der Waals surface area contributed by atoms with E-state index in [9.17, 15) is 4.79 Å². The quantitative estimate of drug-likeness (QED) is 0.735. The number of aryl methyl sites for hydroxylation is 1. The van der Waals surface area contributed by atoms with E-state index in [1.807, 2.05) is 24.3 Å². The minimum atomic E-state index is -0.150. The maximum absolute atomic E-state index is 12.8. The number of nitrogens with one attached hydrogen (secondary N) is 1. The third-order valence-corrected chi connectivity index (χ3v) is 4.63. The van der Waals surface area contributed by atoms with Crippen molar-refractivity contribution in [2.45, 2.75) is 52.4 Å². The van der Waals surface area contributed by atoms with Crippen LogP contribution in [0.25, 0.3) is 0 Å². The van der Waals surface area contributed by atoms with Crippen molar-refractivity contribution < 1.29 is 4.79 Å². The summed E-state index contributed by atoms with van der Waals surface area (Å²) in [4.78, 5) is 12.8. The summed E-state index contributed by atoms with van der Waals surface area (Å²) in [6, 6.07) is 8.05. The highest BCUT2D eigenvalue weighted by molar-refractivity contribution is 6.18. The summed E-state index contributed by atoms with van der Waals surface area (Å²) in [7, 11) is 0. The van der Waals surface area contributed by atoms with Gasteiger partial charge in [0.1, 0.15) is 0 Å². The van der Waals surface area contributed by atoms with E-state index < -0.39 is 0 Å². The van der Waals surface area contributed by atoms with Crippen LogP contribution in [-0.4, -0.2) is 11.8 Å². The number of hydrogen-bond donors (Lipinski definition) is 1. The van der Waals surface area contributed by atoms with E-state index in [4.69, 9.17) is 11.6 Å². The molecule has 21 heavy (non-hydrogen) atoms. The molecule has 1 amide bonds.